The number of carbonyl (C=O) groups excluding carboxylic acids is 1. The molecule has 0 saturated heterocycles. The highest BCUT2D eigenvalue weighted by Gasteiger charge is 2.50. The molecule has 4 heteroatoms. The maximum atomic E-state index is 11.8. The number of unbranched alkanes of at least 4 members (excludes halogenated alkanes) is 1. The summed E-state index contributed by atoms with van der Waals surface area (Å²) < 4.78 is 5.22. The number of rotatable bonds is 10. The van der Waals surface area contributed by atoms with Gasteiger partial charge in [-0.15, -0.1) is 0 Å². The zero-order valence-electron chi connectivity index (χ0n) is 16.4. The minimum absolute atomic E-state index is 0.191. The molecule has 0 radical (unpaired) electrons. The lowest BCUT2D eigenvalue weighted by Crippen LogP contribution is -2.46. The van der Waals surface area contributed by atoms with Gasteiger partial charge in [0, 0.05) is 20.1 Å². The highest BCUT2D eigenvalue weighted by atomic mass is 16.6. The van der Waals surface area contributed by atoms with Crippen LogP contribution in [0.3, 0.4) is 0 Å². The molecular formula is C21H38N2O2. The third-order valence-corrected chi connectivity index (χ3v) is 6.88. The van der Waals surface area contributed by atoms with Crippen LogP contribution in [0.5, 0.6) is 0 Å². The Kier molecular flexibility index (Phi) is 6.65. The molecule has 0 aromatic carbocycles. The first-order valence-electron chi connectivity index (χ1n) is 10.7. The van der Waals surface area contributed by atoms with Crippen molar-refractivity contribution in [3.05, 3.63) is 0 Å². The van der Waals surface area contributed by atoms with Crippen molar-refractivity contribution in [2.75, 3.05) is 33.3 Å². The lowest BCUT2D eigenvalue weighted by Gasteiger charge is -2.57. The standard InChI is InChI=1S/C21H38N2O2/c1-3-4-10-25-20(24)23(2)9-8-22-7-5-6-21-14-17-11-18(15-21)13-19(12-17)16-21/h17-19,22H,3-16H2,1-2H3. The lowest BCUT2D eigenvalue weighted by molar-refractivity contribution is -0.0579. The van der Waals surface area contributed by atoms with Gasteiger partial charge in [0.05, 0.1) is 6.61 Å². The maximum Gasteiger partial charge on any atom is 0.409 e. The summed E-state index contributed by atoms with van der Waals surface area (Å²) in [6.45, 7) is 5.31. The second-order valence-corrected chi connectivity index (χ2v) is 9.16. The first-order valence-corrected chi connectivity index (χ1v) is 10.7. The predicted molar refractivity (Wildman–Crippen MR) is 102 cm³/mol. The highest BCUT2D eigenvalue weighted by Crippen LogP contribution is 2.61. The molecule has 1 N–H and O–H groups in total. The molecule has 4 saturated carbocycles. The van der Waals surface area contributed by atoms with Crippen molar-refractivity contribution in [2.45, 2.75) is 71.1 Å². The van der Waals surface area contributed by atoms with Gasteiger partial charge in [-0.2, -0.15) is 0 Å². The smallest absolute Gasteiger partial charge is 0.409 e. The molecule has 144 valence electrons. The Balaban J connectivity index is 1.25. The molecule has 4 nitrogen and oxygen atoms in total. The molecule has 0 aromatic heterocycles. The van der Waals surface area contributed by atoms with E-state index in [2.05, 4.69) is 12.2 Å². The Bertz CT molecular complexity index is 402. The molecule has 0 unspecified atom stereocenters. The van der Waals surface area contributed by atoms with Crippen molar-refractivity contribution in [2.24, 2.45) is 23.2 Å². The molecule has 0 atom stereocenters. The molecule has 4 rings (SSSR count). The number of amides is 1. The Morgan fingerprint density at radius 3 is 2.32 bits per heavy atom. The Morgan fingerprint density at radius 1 is 1.08 bits per heavy atom. The number of likely N-dealkylation sites (N-methyl/N-ethyl adjacent to an activating group) is 1. The first kappa shape index (κ1) is 19.0. The minimum atomic E-state index is -0.191. The van der Waals surface area contributed by atoms with E-state index in [1.54, 1.807) is 4.90 Å². The van der Waals surface area contributed by atoms with E-state index >= 15 is 0 Å². The van der Waals surface area contributed by atoms with Crippen molar-refractivity contribution in [3.63, 3.8) is 0 Å². The number of hydrogen-bond acceptors (Lipinski definition) is 3. The summed E-state index contributed by atoms with van der Waals surface area (Å²) in [7, 11) is 1.82. The van der Waals surface area contributed by atoms with Gasteiger partial charge in [-0.05, 0) is 87.5 Å². The molecule has 0 aromatic rings. The summed E-state index contributed by atoms with van der Waals surface area (Å²) in [5, 5.41) is 3.52. The fourth-order valence-corrected chi connectivity index (χ4v) is 6.06. The van der Waals surface area contributed by atoms with Crippen LogP contribution in [-0.4, -0.2) is 44.3 Å². The largest absolute Gasteiger partial charge is 0.449 e. The molecule has 25 heavy (non-hydrogen) atoms. The molecule has 4 aliphatic carbocycles. The summed E-state index contributed by atoms with van der Waals surface area (Å²) >= 11 is 0. The Hall–Kier alpha value is -0.770. The van der Waals surface area contributed by atoms with Crippen LogP contribution in [0.2, 0.25) is 0 Å². The van der Waals surface area contributed by atoms with Gasteiger partial charge >= 0.3 is 6.09 Å². The Morgan fingerprint density at radius 2 is 1.72 bits per heavy atom. The maximum absolute atomic E-state index is 11.8. The number of hydrogen-bond donors (Lipinski definition) is 1. The van der Waals surface area contributed by atoms with E-state index in [1.807, 2.05) is 7.05 Å². The van der Waals surface area contributed by atoms with Crippen LogP contribution in [0.4, 0.5) is 4.79 Å². The molecular weight excluding hydrogens is 312 g/mol. The van der Waals surface area contributed by atoms with Gasteiger partial charge in [-0.1, -0.05) is 13.3 Å². The number of nitrogens with zero attached hydrogens (tertiary/aromatic N) is 1. The zero-order valence-corrected chi connectivity index (χ0v) is 16.4. The number of carbonyl (C=O) groups is 1. The van der Waals surface area contributed by atoms with Crippen molar-refractivity contribution in [3.8, 4) is 0 Å². The molecule has 0 heterocycles. The van der Waals surface area contributed by atoms with Gasteiger partial charge in [0.2, 0.25) is 0 Å². The van der Waals surface area contributed by atoms with Crippen LogP contribution < -0.4 is 5.32 Å². The summed E-state index contributed by atoms with van der Waals surface area (Å²) in [6, 6.07) is 0. The fraction of sp³-hybridized carbons (Fsp3) is 0.952. The molecule has 0 spiro atoms. The molecule has 0 aliphatic heterocycles. The predicted octanol–water partition coefficient (Wildman–Crippen LogP) is 4.44. The molecule has 4 fully saturated rings. The van der Waals surface area contributed by atoms with Gasteiger partial charge in [0.15, 0.2) is 0 Å². The third kappa shape index (κ3) is 5.12. The summed E-state index contributed by atoms with van der Waals surface area (Å²) in [4.78, 5) is 13.5. The topological polar surface area (TPSA) is 41.6 Å². The van der Waals surface area contributed by atoms with Gasteiger partial charge < -0.3 is 15.0 Å². The minimum Gasteiger partial charge on any atom is -0.449 e. The zero-order chi connectivity index (χ0) is 17.7. The van der Waals surface area contributed by atoms with Crippen molar-refractivity contribution in [1.82, 2.24) is 10.2 Å². The van der Waals surface area contributed by atoms with Crippen molar-refractivity contribution >= 4 is 6.09 Å². The first-order chi connectivity index (χ1) is 12.1. The van der Waals surface area contributed by atoms with Crippen LogP contribution in [0.15, 0.2) is 0 Å². The summed E-state index contributed by atoms with van der Waals surface area (Å²) in [5.74, 6) is 3.18. The fourth-order valence-electron chi connectivity index (χ4n) is 6.06. The second kappa shape index (κ2) is 8.75. The highest BCUT2D eigenvalue weighted by molar-refractivity contribution is 5.67. The average Bonchev–Trinajstić information content (AvgIpc) is 2.56. The Labute approximate surface area is 154 Å². The third-order valence-electron chi connectivity index (χ3n) is 6.88. The van der Waals surface area contributed by atoms with Gasteiger partial charge in [0.25, 0.3) is 0 Å². The van der Waals surface area contributed by atoms with Crippen LogP contribution in [0, 0.1) is 23.2 Å². The summed E-state index contributed by atoms with van der Waals surface area (Å²) in [6.07, 6.45) is 13.7. The quantitative estimate of drug-likeness (QED) is 0.592. The second-order valence-electron chi connectivity index (χ2n) is 9.16. The van der Waals surface area contributed by atoms with Crippen LogP contribution in [-0.2, 0) is 4.74 Å². The van der Waals surface area contributed by atoms with E-state index in [9.17, 15) is 4.79 Å². The van der Waals surface area contributed by atoms with E-state index in [4.69, 9.17) is 4.74 Å². The lowest BCUT2D eigenvalue weighted by atomic mass is 9.48. The molecule has 1 amide bonds. The number of nitrogens with one attached hydrogen (secondary N) is 1. The van der Waals surface area contributed by atoms with Crippen LogP contribution in [0.1, 0.15) is 71.1 Å². The van der Waals surface area contributed by atoms with Gasteiger partial charge in [0.1, 0.15) is 0 Å². The van der Waals surface area contributed by atoms with Crippen LogP contribution in [0.25, 0.3) is 0 Å². The normalized spacial score (nSPS) is 32.8. The SMILES string of the molecule is CCCCOC(=O)N(C)CCNCCCC12CC3CC(CC(C3)C1)C2. The van der Waals surface area contributed by atoms with Gasteiger partial charge in [-0.3, -0.25) is 0 Å². The van der Waals surface area contributed by atoms with Crippen LogP contribution >= 0.6 is 0 Å². The van der Waals surface area contributed by atoms with E-state index in [0.717, 1.165) is 50.2 Å². The van der Waals surface area contributed by atoms with E-state index in [-0.39, 0.29) is 6.09 Å². The van der Waals surface area contributed by atoms with E-state index < -0.39 is 0 Å². The van der Waals surface area contributed by atoms with Crippen molar-refractivity contribution < 1.29 is 9.53 Å². The van der Waals surface area contributed by atoms with Gasteiger partial charge in [-0.25, -0.2) is 4.79 Å². The molecule has 4 aliphatic rings. The van der Waals surface area contributed by atoms with Crippen molar-refractivity contribution in [1.29, 1.82) is 0 Å². The monoisotopic (exact) mass is 350 g/mol. The summed E-state index contributed by atoms with van der Waals surface area (Å²) in [5.41, 5.74) is 0.705. The van der Waals surface area contributed by atoms with E-state index in [1.165, 1.54) is 51.4 Å². The van der Waals surface area contributed by atoms with E-state index in [0.29, 0.717) is 12.0 Å². The molecule has 4 bridgehead atoms. The average molecular weight is 351 g/mol. The number of ether oxygens (including phenoxy) is 1.